The highest BCUT2D eigenvalue weighted by atomic mass is 16.5. The molecule has 0 radical (unpaired) electrons. The van der Waals surface area contributed by atoms with Crippen LogP contribution < -0.4 is 15.4 Å². The molecule has 0 bridgehead atoms. The van der Waals surface area contributed by atoms with Crippen molar-refractivity contribution in [2.24, 2.45) is 0 Å². The fraction of sp³-hybridized carbons (Fsp3) is 0.300. The largest absolute Gasteiger partial charge is 0.488 e. The number of ether oxygens (including phenoxy) is 1. The van der Waals surface area contributed by atoms with Crippen LogP contribution in [0.15, 0.2) is 48.5 Å². The first-order valence-corrected chi connectivity index (χ1v) is 8.43. The van der Waals surface area contributed by atoms with E-state index >= 15 is 0 Å². The van der Waals surface area contributed by atoms with E-state index in [0.717, 1.165) is 23.3 Å². The molecule has 2 atom stereocenters. The molecule has 0 spiro atoms. The third-order valence-corrected chi connectivity index (χ3v) is 4.24. The number of nitrogens with one attached hydrogen (secondary N) is 2. The van der Waals surface area contributed by atoms with E-state index in [2.05, 4.69) is 10.6 Å². The van der Waals surface area contributed by atoms with Crippen LogP contribution in [-0.2, 0) is 11.2 Å². The second-order valence-electron chi connectivity index (χ2n) is 6.36. The van der Waals surface area contributed by atoms with E-state index in [1.807, 2.05) is 43.3 Å². The summed E-state index contributed by atoms with van der Waals surface area (Å²) in [5.41, 5.74) is 2.71. The summed E-state index contributed by atoms with van der Waals surface area (Å²) in [7, 11) is 0. The summed E-state index contributed by atoms with van der Waals surface area (Å²) in [5, 5.41) is 5.57. The second kappa shape index (κ2) is 7.38. The first kappa shape index (κ1) is 17.0. The van der Waals surface area contributed by atoms with Crippen molar-refractivity contribution in [1.82, 2.24) is 10.6 Å². The van der Waals surface area contributed by atoms with Crippen LogP contribution in [0.5, 0.6) is 5.75 Å². The van der Waals surface area contributed by atoms with E-state index in [4.69, 9.17) is 4.74 Å². The third kappa shape index (κ3) is 4.18. The van der Waals surface area contributed by atoms with Crippen molar-refractivity contribution in [3.63, 3.8) is 0 Å². The van der Waals surface area contributed by atoms with Gasteiger partial charge in [-0.15, -0.1) is 0 Å². The van der Waals surface area contributed by atoms with Gasteiger partial charge in [-0.05, 0) is 37.6 Å². The monoisotopic (exact) mass is 338 g/mol. The minimum atomic E-state index is -0.614. The highest BCUT2D eigenvalue weighted by molar-refractivity contribution is 5.97. The number of fused-ring (bicyclic) bond motifs is 1. The standard InChI is InChI=1S/C20H22N2O3/c1-13-6-5-8-16(10-13)20(24)22-14(2)19(23)21-12-17-11-15-7-3-4-9-18(15)25-17/h3-10,14,17H,11-12H2,1-2H3,(H,21,23)(H,22,24). The number of rotatable bonds is 5. The average molecular weight is 338 g/mol. The summed E-state index contributed by atoms with van der Waals surface area (Å²) in [6.07, 6.45) is 0.710. The normalized spacial score (nSPS) is 16.5. The molecule has 0 fully saturated rings. The Bertz CT molecular complexity index is 763. The molecular formula is C20H22N2O3. The molecule has 0 aromatic heterocycles. The summed E-state index contributed by atoms with van der Waals surface area (Å²) in [5.74, 6) is 0.402. The Balaban J connectivity index is 1.48. The Kier molecular flexibility index (Phi) is 5.03. The van der Waals surface area contributed by atoms with Crippen molar-refractivity contribution >= 4 is 11.8 Å². The number of para-hydroxylation sites is 1. The maximum Gasteiger partial charge on any atom is 0.251 e. The zero-order chi connectivity index (χ0) is 17.8. The van der Waals surface area contributed by atoms with Crippen LogP contribution in [-0.4, -0.2) is 30.5 Å². The van der Waals surface area contributed by atoms with Crippen LogP contribution in [0.4, 0.5) is 0 Å². The van der Waals surface area contributed by atoms with Gasteiger partial charge in [-0.1, -0.05) is 35.9 Å². The summed E-state index contributed by atoms with van der Waals surface area (Å²) >= 11 is 0. The van der Waals surface area contributed by atoms with Crippen LogP contribution in [0.25, 0.3) is 0 Å². The van der Waals surface area contributed by atoms with Crippen LogP contribution in [0, 0.1) is 6.92 Å². The first-order valence-electron chi connectivity index (χ1n) is 8.43. The van der Waals surface area contributed by atoms with Gasteiger partial charge in [-0.25, -0.2) is 0 Å². The second-order valence-corrected chi connectivity index (χ2v) is 6.36. The lowest BCUT2D eigenvalue weighted by atomic mass is 10.1. The van der Waals surface area contributed by atoms with Crippen molar-refractivity contribution in [2.45, 2.75) is 32.4 Å². The Labute approximate surface area is 147 Å². The van der Waals surface area contributed by atoms with Crippen molar-refractivity contribution in [1.29, 1.82) is 0 Å². The van der Waals surface area contributed by atoms with Gasteiger partial charge in [0.25, 0.3) is 5.91 Å². The summed E-state index contributed by atoms with van der Waals surface area (Å²) in [4.78, 5) is 24.4. The molecule has 1 aliphatic rings. The van der Waals surface area contributed by atoms with Gasteiger partial charge in [-0.2, -0.15) is 0 Å². The van der Waals surface area contributed by atoms with E-state index < -0.39 is 6.04 Å². The van der Waals surface area contributed by atoms with Gasteiger partial charge in [0.2, 0.25) is 5.91 Å². The number of benzene rings is 2. The highest BCUT2D eigenvalue weighted by Gasteiger charge is 2.24. The van der Waals surface area contributed by atoms with E-state index in [1.54, 1.807) is 19.1 Å². The molecule has 0 aliphatic carbocycles. The van der Waals surface area contributed by atoms with Gasteiger partial charge in [-0.3, -0.25) is 9.59 Å². The van der Waals surface area contributed by atoms with E-state index in [9.17, 15) is 9.59 Å². The zero-order valence-electron chi connectivity index (χ0n) is 14.4. The molecule has 2 unspecified atom stereocenters. The van der Waals surface area contributed by atoms with Crippen molar-refractivity contribution < 1.29 is 14.3 Å². The van der Waals surface area contributed by atoms with E-state index in [0.29, 0.717) is 12.1 Å². The van der Waals surface area contributed by atoms with Gasteiger partial charge in [0.15, 0.2) is 0 Å². The predicted molar refractivity (Wildman–Crippen MR) is 95.7 cm³/mol. The molecule has 3 rings (SSSR count). The summed E-state index contributed by atoms with van der Waals surface area (Å²) in [6, 6.07) is 14.5. The molecule has 1 heterocycles. The van der Waals surface area contributed by atoms with Crippen molar-refractivity contribution in [3.05, 3.63) is 65.2 Å². The molecule has 2 amide bonds. The fourth-order valence-electron chi connectivity index (χ4n) is 2.87. The average Bonchev–Trinajstić information content (AvgIpc) is 3.02. The molecule has 0 saturated carbocycles. The fourth-order valence-corrected chi connectivity index (χ4v) is 2.87. The Morgan fingerprint density at radius 1 is 1.20 bits per heavy atom. The molecule has 5 nitrogen and oxygen atoms in total. The topological polar surface area (TPSA) is 67.4 Å². The number of aryl methyl sites for hydroxylation is 1. The number of carbonyl (C=O) groups excluding carboxylic acids is 2. The summed E-state index contributed by atoms with van der Waals surface area (Å²) < 4.78 is 5.80. The van der Waals surface area contributed by atoms with Crippen molar-refractivity contribution in [3.8, 4) is 5.75 Å². The molecule has 5 heteroatoms. The Hall–Kier alpha value is -2.82. The Morgan fingerprint density at radius 3 is 2.76 bits per heavy atom. The van der Waals surface area contributed by atoms with E-state index in [-0.39, 0.29) is 17.9 Å². The molecule has 2 aromatic carbocycles. The van der Waals surface area contributed by atoms with Gasteiger partial charge < -0.3 is 15.4 Å². The summed E-state index contributed by atoms with van der Waals surface area (Å²) in [6.45, 7) is 4.01. The zero-order valence-corrected chi connectivity index (χ0v) is 14.4. The third-order valence-electron chi connectivity index (χ3n) is 4.24. The smallest absolute Gasteiger partial charge is 0.251 e. The number of carbonyl (C=O) groups is 2. The van der Waals surface area contributed by atoms with Crippen molar-refractivity contribution in [2.75, 3.05) is 6.54 Å². The van der Waals surface area contributed by atoms with Gasteiger partial charge in [0.05, 0.1) is 6.54 Å². The number of hydrogen-bond acceptors (Lipinski definition) is 3. The molecular weight excluding hydrogens is 316 g/mol. The minimum Gasteiger partial charge on any atom is -0.488 e. The lowest BCUT2D eigenvalue weighted by Crippen LogP contribution is -2.47. The first-order chi connectivity index (χ1) is 12.0. The number of hydrogen-bond donors (Lipinski definition) is 2. The molecule has 1 aliphatic heterocycles. The maximum absolute atomic E-state index is 12.2. The predicted octanol–water partition coefficient (Wildman–Crippen LogP) is 2.23. The van der Waals surface area contributed by atoms with Gasteiger partial charge >= 0.3 is 0 Å². The van der Waals surface area contributed by atoms with Crippen LogP contribution in [0.2, 0.25) is 0 Å². The van der Waals surface area contributed by atoms with Crippen LogP contribution in [0.3, 0.4) is 0 Å². The molecule has 25 heavy (non-hydrogen) atoms. The lowest BCUT2D eigenvalue weighted by Gasteiger charge is -2.16. The quantitative estimate of drug-likeness (QED) is 0.878. The number of amides is 2. The van der Waals surface area contributed by atoms with E-state index in [1.165, 1.54) is 0 Å². The van der Waals surface area contributed by atoms with Gasteiger partial charge in [0.1, 0.15) is 17.9 Å². The minimum absolute atomic E-state index is 0.0685. The lowest BCUT2D eigenvalue weighted by molar-refractivity contribution is -0.122. The Morgan fingerprint density at radius 2 is 2.00 bits per heavy atom. The van der Waals surface area contributed by atoms with Gasteiger partial charge in [0, 0.05) is 12.0 Å². The van der Waals surface area contributed by atoms with Crippen LogP contribution >= 0.6 is 0 Å². The van der Waals surface area contributed by atoms with Crippen LogP contribution in [0.1, 0.15) is 28.4 Å². The maximum atomic E-state index is 12.2. The molecule has 2 N–H and O–H groups in total. The SMILES string of the molecule is Cc1cccc(C(=O)NC(C)C(=O)NCC2Cc3ccccc3O2)c1. The molecule has 0 saturated heterocycles. The molecule has 130 valence electrons. The molecule has 2 aromatic rings. The highest BCUT2D eigenvalue weighted by Crippen LogP contribution is 2.27.